The maximum Gasteiger partial charge on any atom is 0.340 e. The van der Waals surface area contributed by atoms with Gasteiger partial charge in [0.05, 0.1) is 10.6 Å². The van der Waals surface area contributed by atoms with Gasteiger partial charge in [-0.3, -0.25) is 4.79 Å². The van der Waals surface area contributed by atoms with Gasteiger partial charge in [0.25, 0.3) is 5.91 Å². The van der Waals surface area contributed by atoms with Crippen LogP contribution in [0, 0.1) is 0 Å². The Morgan fingerprint density at radius 2 is 2.16 bits per heavy atom. The van der Waals surface area contributed by atoms with Crippen LogP contribution in [0.4, 0.5) is 0 Å². The molecule has 0 aliphatic heterocycles. The number of esters is 1. The van der Waals surface area contributed by atoms with E-state index in [9.17, 15) is 9.59 Å². The highest BCUT2D eigenvalue weighted by molar-refractivity contribution is 6.36. The number of benzene rings is 1. The van der Waals surface area contributed by atoms with Crippen LogP contribution in [-0.2, 0) is 9.53 Å². The normalized spacial score (nSPS) is 11.5. The molecule has 0 aliphatic rings. The van der Waals surface area contributed by atoms with Crippen molar-refractivity contribution in [1.29, 1.82) is 0 Å². The van der Waals surface area contributed by atoms with E-state index in [4.69, 9.17) is 27.9 Å². The highest BCUT2D eigenvalue weighted by Crippen LogP contribution is 2.21. The van der Waals surface area contributed by atoms with Crippen molar-refractivity contribution >= 4 is 35.1 Å². The number of amides is 1. The zero-order valence-electron chi connectivity index (χ0n) is 10.3. The smallest absolute Gasteiger partial charge is 0.340 e. The van der Waals surface area contributed by atoms with E-state index in [1.165, 1.54) is 31.2 Å². The summed E-state index contributed by atoms with van der Waals surface area (Å²) in [6.45, 7) is 5.25. The zero-order chi connectivity index (χ0) is 14.4. The third kappa shape index (κ3) is 4.58. The van der Waals surface area contributed by atoms with E-state index in [0.29, 0.717) is 11.6 Å². The van der Waals surface area contributed by atoms with Gasteiger partial charge in [-0.25, -0.2) is 4.79 Å². The first-order valence-electron chi connectivity index (χ1n) is 5.50. The first kappa shape index (κ1) is 15.5. The highest BCUT2D eigenvalue weighted by atomic mass is 35.5. The van der Waals surface area contributed by atoms with Gasteiger partial charge in [-0.2, -0.15) is 0 Å². The van der Waals surface area contributed by atoms with Gasteiger partial charge in [0, 0.05) is 11.6 Å². The Morgan fingerprint density at radius 1 is 1.47 bits per heavy atom. The van der Waals surface area contributed by atoms with Crippen LogP contribution < -0.4 is 5.32 Å². The van der Waals surface area contributed by atoms with Crippen molar-refractivity contribution in [2.75, 3.05) is 6.54 Å². The van der Waals surface area contributed by atoms with Gasteiger partial charge in [0.15, 0.2) is 6.10 Å². The number of ether oxygens (including phenoxy) is 1. The quantitative estimate of drug-likeness (QED) is 0.672. The maximum absolute atomic E-state index is 11.8. The number of rotatable bonds is 5. The molecule has 0 aliphatic carbocycles. The third-order valence-electron chi connectivity index (χ3n) is 2.22. The Hall–Kier alpha value is -1.52. The van der Waals surface area contributed by atoms with Crippen molar-refractivity contribution in [3.05, 3.63) is 46.5 Å². The topological polar surface area (TPSA) is 55.4 Å². The number of halogens is 2. The average Bonchev–Trinajstić information content (AvgIpc) is 2.35. The minimum Gasteiger partial charge on any atom is -0.449 e. The van der Waals surface area contributed by atoms with Crippen LogP contribution in [0.15, 0.2) is 30.9 Å². The molecule has 0 spiro atoms. The molecule has 1 amide bonds. The lowest BCUT2D eigenvalue weighted by atomic mass is 10.2. The molecule has 0 saturated carbocycles. The summed E-state index contributed by atoms with van der Waals surface area (Å²) >= 11 is 11.6. The lowest BCUT2D eigenvalue weighted by molar-refractivity contribution is -0.128. The molecule has 0 radical (unpaired) electrons. The number of carbonyl (C=O) groups excluding carboxylic acids is 2. The summed E-state index contributed by atoms with van der Waals surface area (Å²) in [4.78, 5) is 23.3. The molecule has 0 unspecified atom stereocenters. The number of nitrogens with one attached hydrogen (secondary N) is 1. The molecule has 102 valence electrons. The van der Waals surface area contributed by atoms with Crippen molar-refractivity contribution in [3.8, 4) is 0 Å². The zero-order valence-corrected chi connectivity index (χ0v) is 11.8. The lowest BCUT2D eigenvalue weighted by Crippen LogP contribution is -2.35. The van der Waals surface area contributed by atoms with E-state index in [2.05, 4.69) is 11.9 Å². The number of carbonyl (C=O) groups is 2. The van der Waals surface area contributed by atoms with Crippen LogP contribution in [0.25, 0.3) is 0 Å². The largest absolute Gasteiger partial charge is 0.449 e. The fourth-order valence-electron chi connectivity index (χ4n) is 1.25. The molecule has 4 nitrogen and oxygen atoms in total. The SMILES string of the molecule is C=CCNC(=O)[C@H](C)OC(=O)c1ccc(Cl)cc1Cl. The molecule has 1 rings (SSSR count). The van der Waals surface area contributed by atoms with Gasteiger partial charge in [0.1, 0.15) is 0 Å². The predicted octanol–water partition coefficient (Wildman–Crippen LogP) is 2.84. The molecule has 1 atom stereocenters. The molecule has 0 bridgehead atoms. The Balaban J connectivity index is 2.68. The minimum absolute atomic E-state index is 0.162. The van der Waals surface area contributed by atoms with Crippen LogP contribution in [0.3, 0.4) is 0 Å². The molecule has 0 aromatic heterocycles. The summed E-state index contributed by atoms with van der Waals surface area (Å²) in [5, 5.41) is 3.12. The Labute approximate surface area is 121 Å². The molecular weight excluding hydrogens is 289 g/mol. The van der Waals surface area contributed by atoms with E-state index >= 15 is 0 Å². The van der Waals surface area contributed by atoms with E-state index < -0.39 is 18.0 Å². The van der Waals surface area contributed by atoms with Gasteiger partial charge in [0.2, 0.25) is 0 Å². The van der Waals surface area contributed by atoms with Gasteiger partial charge in [-0.1, -0.05) is 29.3 Å². The van der Waals surface area contributed by atoms with Crippen LogP contribution in [-0.4, -0.2) is 24.5 Å². The van der Waals surface area contributed by atoms with Crippen molar-refractivity contribution in [2.45, 2.75) is 13.0 Å². The maximum atomic E-state index is 11.8. The number of hydrogen-bond acceptors (Lipinski definition) is 3. The van der Waals surface area contributed by atoms with Crippen molar-refractivity contribution < 1.29 is 14.3 Å². The van der Waals surface area contributed by atoms with E-state index in [1.54, 1.807) is 0 Å². The average molecular weight is 302 g/mol. The van der Waals surface area contributed by atoms with Crippen molar-refractivity contribution in [3.63, 3.8) is 0 Å². The van der Waals surface area contributed by atoms with E-state index in [-0.39, 0.29) is 10.6 Å². The van der Waals surface area contributed by atoms with Crippen LogP contribution >= 0.6 is 23.2 Å². The van der Waals surface area contributed by atoms with E-state index in [0.717, 1.165) is 0 Å². The predicted molar refractivity (Wildman–Crippen MR) is 74.5 cm³/mol. The molecule has 1 aromatic rings. The lowest BCUT2D eigenvalue weighted by Gasteiger charge is -2.13. The van der Waals surface area contributed by atoms with Gasteiger partial charge in [-0.15, -0.1) is 6.58 Å². The summed E-state index contributed by atoms with van der Waals surface area (Å²) in [6.07, 6.45) is 0.613. The molecule has 0 fully saturated rings. The summed E-state index contributed by atoms with van der Waals surface area (Å²) in [5.41, 5.74) is 0.162. The molecule has 19 heavy (non-hydrogen) atoms. The van der Waals surface area contributed by atoms with Crippen LogP contribution in [0.2, 0.25) is 10.0 Å². The fourth-order valence-corrected chi connectivity index (χ4v) is 1.73. The summed E-state index contributed by atoms with van der Waals surface area (Å²) in [6, 6.07) is 4.40. The monoisotopic (exact) mass is 301 g/mol. The molecule has 0 heterocycles. The van der Waals surface area contributed by atoms with E-state index in [1.807, 2.05) is 0 Å². The summed E-state index contributed by atoms with van der Waals surface area (Å²) < 4.78 is 5.00. The molecule has 1 aromatic carbocycles. The van der Waals surface area contributed by atoms with Crippen molar-refractivity contribution in [1.82, 2.24) is 5.32 Å². The molecule has 0 saturated heterocycles. The number of hydrogen-bond donors (Lipinski definition) is 1. The Morgan fingerprint density at radius 3 is 2.74 bits per heavy atom. The first-order valence-corrected chi connectivity index (χ1v) is 6.26. The molecule has 6 heteroatoms. The van der Waals surface area contributed by atoms with Gasteiger partial charge in [-0.05, 0) is 25.1 Å². The molecular formula is C13H13Cl2NO3. The Kier molecular flexibility index (Phi) is 5.86. The van der Waals surface area contributed by atoms with Gasteiger partial charge < -0.3 is 10.1 Å². The second-order valence-corrected chi connectivity index (χ2v) is 4.55. The minimum atomic E-state index is -0.917. The van der Waals surface area contributed by atoms with Crippen LogP contribution in [0.1, 0.15) is 17.3 Å². The van der Waals surface area contributed by atoms with Crippen LogP contribution in [0.5, 0.6) is 0 Å². The Bertz CT molecular complexity index is 503. The first-order chi connectivity index (χ1) is 8.95. The summed E-state index contributed by atoms with van der Waals surface area (Å²) in [5.74, 6) is -1.08. The van der Waals surface area contributed by atoms with Crippen molar-refractivity contribution in [2.24, 2.45) is 0 Å². The third-order valence-corrected chi connectivity index (χ3v) is 2.77. The second kappa shape index (κ2) is 7.16. The fraction of sp³-hybridized carbons (Fsp3) is 0.231. The highest BCUT2D eigenvalue weighted by Gasteiger charge is 2.20. The second-order valence-electron chi connectivity index (χ2n) is 3.71. The summed E-state index contributed by atoms with van der Waals surface area (Å²) in [7, 11) is 0. The molecule has 1 N–H and O–H groups in total. The van der Waals surface area contributed by atoms with Gasteiger partial charge >= 0.3 is 5.97 Å². The standard InChI is InChI=1S/C13H13Cl2NO3/c1-3-6-16-12(17)8(2)19-13(18)10-5-4-9(14)7-11(10)15/h3-5,7-8H,1,6H2,2H3,(H,16,17)/t8-/m0/s1.